The summed E-state index contributed by atoms with van der Waals surface area (Å²) in [5, 5.41) is 2.89. The van der Waals surface area contributed by atoms with Crippen LogP contribution in [0.1, 0.15) is 16.1 Å². The van der Waals surface area contributed by atoms with Crippen LogP contribution in [0.4, 0.5) is 0 Å². The smallest absolute Gasteiger partial charge is 0.267 e. The minimum Gasteiger partial charge on any atom is -0.357 e. The van der Waals surface area contributed by atoms with E-state index in [1.54, 1.807) is 24.0 Å². The second-order valence-electron chi connectivity index (χ2n) is 3.94. The number of carbonyl (C=O) groups excluding carboxylic acids is 1. The molecule has 2 rings (SSSR count). The quantitative estimate of drug-likeness (QED) is 0.812. The Bertz CT molecular complexity index is 491. The fraction of sp³-hybridized carbons (Fsp3) is 0.214. The molecule has 0 unspecified atom stereocenters. The van der Waals surface area contributed by atoms with Crippen molar-refractivity contribution in [3.63, 3.8) is 0 Å². The highest BCUT2D eigenvalue weighted by atomic mass is 32.2. The number of nitrogens with one attached hydrogen (secondary N) is 2. The van der Waals surface area contributed by atoms with Crippen molar-refractivity contribution in [2.24, 2.45) is 0 Å². The fourth-order valence-corrected chi connectivity index (χ4v) is 2.09. The maximum absolute atomic E-state index is 11.7. The Balaban J connectivity index is 1.79. The molecule has 0 radical (unpaired) electrons. The summed E-state index contributed by atoms with van der Waals surface area (Å²) in [6.45, 7) is 0.649. The zero-order valence-electron chi connectivity index (χ0n) is 10.3. The summed E-state index contributed by atoms with van der Waals surface area (Å²) in [4.78, 5) is 15.8. The van der Waals surface area contributed by atoms with Gasteiger partial charge in [-0.2, -0.15) is 0 Å². The van der Waals surface area contributed by atoms with Gasteiger partial charge in [0, 0.05) is 17.6 Å². The number of H-pyrrole nitrogens is 1. The molecule has 0 aliphatic heterocycles. The Kier molecular flexibility index (Phi) is 4.47. The summed E-state index contributed by atoms with van der Waals surface area (Å²) >= 11 is 1.73. The van der Waals surface area contributed by atoms with Gasteiger partial charge in [0.05, 0.1) is 0 Å². The highest BCUT2D eigenvalue weighted by Gasteiger charge is 2.04. The summed E-state index contributed by atoms with van der Waals surface area (Å²) in [5.74, 6) is -0.0549. The second kappa shape index (κ2) is 6.31. The molecule has 2 N–H and O–H groups in total. The van der Waals surface area contributed by atoms with E-state index in [0.717, 1.165) is 6.42 Å². The van der Waals surface area contributed by atoms with Gasteiger partial charge in [-0.1, -0.05) is 12.1 Å². The number of benzene rings is 1. The minimum atomic E-state index is -0.0549. The van der Waals surface area contributed by atoms with Gasteiger partial charge in [0.2, 0.25) is 0 Å². The van der Waals surface area contributed by atoms with Crippen LogP contribution in [0, 0.1) is 0 Å². The molecule has 0 saturated heterocycles. The van der Waals surface area contributed by atoms with Crippen LogP contribution in [0.25, 0.3) is 0 Å². The maximum Gasteiger partial charge on any atom is 0.267 e. The van der Waals surface area contributed by atoms with Gasteiger partial charge >= 0.3 is 0 Å². The van der Waals surface area contributed by atoms with E-state index in [0.29, 0.717) is 12.2 Å². The topological polar surface area (TPSA) is 44.9 Å². The number of hydrogen-bond donors (Lipinski definition) is 2. The first-order valence-electron chi connectivity index (χ1n) is 5.84. The molecule has 3 nitrogen and oxygen atoms in total. The van der Waals surface area contributed by atoms with Crippen molar-refractivity contribution in [1.82, 2.24) is 10.3 Å². The lowest BCUT2D eigenvalue weighted by molar-refractivity contribution is 0.0950. The normalized spacial score (nSPS) is 10.3. The fourth-order valence-electron chi connectivity index (χ4n) is 1.68. The molecule has 0 saturated carbocycles. The number of aromatic nitrogens is 1. The van der Waals surface area contributed by atoms with E-state index in [1.807, 2.05) is 6.07 Å². The number of aromatic amines is 1. The van der Waals surface area contributed by atoms with Crippen molar-refractivity contribution in [3.05, 3.63) is 53.9 Å². The first-order chi connectivity index (χ1) is 8.79. The first-order valence-corrected chi connectivity index (χ1v) is 7.06. The largest absolute Gasteiger partial charge is 0.357 e. The predicted octanol–water partition coefficient (Wildman–Crippen LogP) is 2.71. The summed E-state index contributed by atoms with van der Waals surface area (Å²) in [5.41, 5.74) is 1.84. The average Bonchev–Trinajstić information content (AvgIpc) is 2.93. The lowest BCUT2D eigenvalue weighted by atomic mass is 10.1. The summed E-state index contributed by atoms with van der Waals surface area (Å²) in [6.07, 6.45) is 4.66. The van der Waals surface area contributed by atoms with Gasteiger partial charge in [-0.25, -0.2) is 0 Å². The number of rotatable bonds is 5. The Labute approximate surface area is 111 Å². The van der Waals surface area contributed by atoms with Crippen molar-refractivity contribution in [2.45, 2.75) is 11.3 Å². The molecule has 2 aromatic rings. The van der Waals surface area contributed by atoms with Crippen LogP contribution in [0.3, 0.4) is 0 Å². The highest BCUT2D eigenvalue weighted by Crippen LogP contribution is 2.14. The Morgan fingerprint density at radius 3 is 2.67 bits per heavy atom. The number of hydrogen-bond acceptors (Lipinski definition) is 2. The molecule has 0 aliphatic rings. The summed E-state index contributed by atoms with van der Waals surface area (Å²) in [7, 11) is 0. The van der Waals surface area contributed by atoms with E-state index in [9.17, 15) is 4.79 Å². The van der Waals surface area contributed by atoms with Crippen molar-refractivity contribution >= 4 is 17.7 Å². The van der Waals surface area contributed by atoms with E-state index in [-0.39, 0.29) is 5.91 Å². The number of amides is 1. The third kappa shape index (κ3) is 3.40. The van der Waals surface area contributed by atoms with E-state index in [4.69, 9.17) is 0 Å². The SMILES string of the molecule is CSc1ccc(CCNC(=O)c2ccc[nH]2)cc1. The third-order valence-corrected chi connectivity index (χ3v) is 3.44. The molecule has 1 aromatic carbocycles. The van der Waals surface area contributed by atoms with Crippen LogP contribution in [0.5, 0.6) is 0 Å². The molecule has 0 atom stereocenters. The first kappa shape index (κ1) is 12.8. The third-order valence-electron chi connectivity index (χ3n) is 2.70. The Morgan fingerprint density at radius 2 is 2.06 bits per heavy atom. The molecule has 1 aromatic heterocycles. The van der Waals surface area contributed by atoms with Gasteiger partial charge in [0.1, 0.15) is 5.69 Å². The monoisotopic (exact) mass is 260 g/mol. The molecular formula is C14H16N2OS. The lowest BCUT2D eigenvalue weighted by Crippen LogP contribution is -2.25. The van der Waals surface area contributed by atoms with Gasteiger partial charge in [-0.05, 0) is 42.5 Å². The van der Waals surface area contributed by atoms with Gasteiger partial charge < -0.3 is 10.3 Å². The molecule has 1 heterocycles. The Hall–Kier alpha value is -1.68. The molecule has 0 fully saturated rings. The highest BCUT2D eigenvalue weighted by molar-refractivity contribution is 7.98. The molecule has 0 bridgehead atoms. The molecular weight excluding hydrogens is 244 g/mol. The van der Waals surface area contributed by atoms with Crippen molar-refractivity contribution in [1.29, 1.82) is 0 Å². The van der Waals surface area contributed by atoms with Crippen LogP contribution in [-0.2, 0) is 6.42 Å². The van der Waals surface area contributed by atoms with Crippen LogP contribution >= 0.6 is 11.8 Å². The van der Waals surface area contributed by atoms with E-state index in [1.165, 1.54) is 10.5 Å². The number of thioether (sulfide) groups is 1. The minimum absolute atomic E-state index is 0.0549. The van der Waals surface area contributed by atoms with Crippen LogP contribution in [0.15, 0.2) is 47.5 Å². The molecule has 94 valence electrons. The van der Waals surface area contributed by atoms with Gasteiger partial charge in [-0.15, -0.1) is 11.8 Å². The van der Waals surface area contributed by atoms with Gasteiger partial charge in [0.25, 0.3) is 5.91 Å². The average molecular weight is 260 g/mol. The van der Waals surface area contributed by atoms with Gasteiger partial charge in [0.15, 0.2) is 0 Å². The van der Waals surface area contributed by atoms with Crippen LogP contribution in [0.2, 0.25) is 0 Å². The van der Waals surface area contributed by atoms with Crippen LogP contribution < -0.4 is 5.32 Å². The summed E-state index contributed by atoms with van der Waals surface area (Å²) in [6, 6.07) is 12.0. The summed E-state index contributed by atoms with van der Waals surface area (Å²) < 4.78 is 0. The zero-order chi connectivity index (χ0) is 12.8. The Morgan fingerprint density at radius 1 is 1.28 bits per heavy atom. The molecule has 4 heteroatoms. The lowest BCUT2D eigenvalue weighted by Gasteiger charge is -2.04. The predicted molar refractivity (Wildman–Crippen MR) is 75.1 cm³/mol. The molecule has 0 aliphatic carbocycles. The van der Waals surface area contributed by atoms with Gasteiger partial charge in [-0.3, -0.25) is 4.79 Å². The zero-order valence-corrected chi connectivity index (χ0v) is 11.1. The standard InChI is InChI=1S/C14H16N2OS/c1-18-12-6-4-11(5-7-12)8-10-16-14(17)13-3-2-9-15-13/h2-7,9,15H,8,10H2,1H3,(H,16,17). The molecule has 1 amide bonds. The second-order valence-corrected chi connectivity index (χ2v) is 4.82. The van der Waals surface area contributed by atoms with Crippen LogP contribution in [-0.4, -0.2) is 23.7 Å². The number of carbonyl (C=O) groups is 1. The maximum atomic E-state index is 11.7. The van der Waals surface area contributed by atoms with Crippen molar-refractivity contribution in [2.75, 3.05) is 12.8 Å². The van der Waals surface area contributed by atoms with Crippen molar-refractivity contribution < 1.29 is 4.79 Å². The molecule has 18 heavy (non-hydrogen) atoms. The van der Waals surface area contributed by atoms with Crippen molar-refractivity contribution in [3.8, 4) is 0 Å². The van der Waals surface area contributed by atoms with E-state index in [2.05, 4.69) is 40.8 Å². The van der Waals surface area contributed by atoms with E-state index >= 15 is 0 Å². The van der Waals surface area contributed by atoms with E-state index < -0.39 is 0 Å². The molecule has 0 spiro atoms.